The average Bonchev–Trinajstić information content (AvgIpc) is 3.23. The van der Waals surface area contributed by atoms with Crippen LogP contribution < -0.4 is 4.74 Å². The number of aliphatic hydroxyl groups excluding tert-OH is 1. The van der Waals surface area contributed by atoms with Gasteiger partial charge >= 0.3 is 0 Å². The Kier molecular flexibility index (Phi) is 5.25. The lowest BCUT2D eigenvalue weighted by molar-refractivity contribution is 0.105. The van der Waals surface area contributed by atoms with Crippen molar-refractivity contribution in [2.45, 2.75) is 25.9 Å². The van der Waals surface area contributed by atoms with Crippen molar-refractivity contribution in [2.24, 2.45) is 11.8 Å². The van der Waals surface area contributed by atoms with Gasteiger partial charge in [-0.05, 0) is 58.3 Å². The van der Waals surface area contributed by atoms with Gasteiger partial charge in [-0.15, -0.1) is 0 Å². The van der Waals surface area contributed by atoms with Crippen LogP contribution in [0.5, 0.6) is 5.75 Å². The summed E-state index contributed by atoms with van der Waals surface area (Å²) < 4.78 is 11.4. The van der Waals surface area contributed by atoms with E-state index in [1.807, 2.05) is 18.2 Å². The molecule has 1 saturated carbocycles. The zero-order chi connectivity index (χ0) is 13.8. The SMILES string of the molecule is COCCOc1ccc(C(O)C(C)C2CC2)cc1Br. The van der Waals surface area contributed by atoms with Crippen LogP contribution in [-0.4, -0.2) is 25.4 Å². The van der Waals surface area contributed by atoms with Crippen LogP contribution in [0.4, 0.5) is 0 Å². The first kappa shape index (κ1) is 14.8. The number of aliphatic hydroxyl groups is 1. The van der Waals surface area contributed by atoms with Crippen LogP contribution in [0.25, 0.3) is 0 Å². The average molecular weight is 329 g/mol. The fraction of sp³-hybridized carbons (Fsp3) is 0.600. The first-order chi connectivity index (χ1) is 9.13. The van der Waals surface area contributed by atoms with Crippen LogP contribution in [0.3, 0.4) is 0 Å². The largest absolute Gasteiger partial charge is 0.490 e. The molecule has 1 aromatic carbocycles. The Morgan fingerprint density at radius 3 is 2.68 bits per heavy atom. The first-order valence-corrected chi connectivity index (χ1v) is 7.52. The Morgan fingerprint density at radius 1 is 1.37 bits per heavy atom. The molecule has 0 saturated heterocycles. The van der Waals surface area contributed by atoms with Gasteiger partial charge in [-0.2, -0.15) is 0 Å². The molecule has 2 unspecified atom stereocenters. The van der Waals surface area contributed by atoms with E-state index in [9.17, 15) is 5.11 Å². The van der Waals surface area contributed by atoms with Crippen LogP contribution in [-0.2, 0) is 4.74 Å². The van der Waals surface area contributed by atoms with Gasteiger partial charge in [-0.25, -0.2) is 0 Å². The van der Waals surface area contributed by atoms with E-state index in [1.54, 1.807) is 7.11 Å². The second kappa shape index (κ2) is 6.73. The fourth-order valence-electron chi connectivity index (χ4n) is 2.24. The van der Waals surface area contributed by atoms with Crippen LogP contribution in [0.15, 0.2) is 22.7 Å². The smallest absolute Gasteiger partial charge is 0.133 e. The van der Waals surface area contributed by atoms with Crippen LogP contribution in [0.1, 0.15) is 31.4 Å². The normalized spacial score (nSPS) is 18.1. The molecule has 1 aliphatic rings. The van der Waals surface area contributed by atoms with Crippen molar-refractivity contribution in [3.8, 4) is 5.75 Å². The second-order valence-electron chi connectivity index (χ2n) is 5.17. The highest BCUT2D eigenvalue weighted by Crippen LogP contribution is 2.43. The van der Waals surface area contributed by atoms with Gasteiger partial charge in [0.2, 0.25) is 0 Å². The molecule has 1 aromatic rings. The predicted molar refractivity (Wildman–Crippen MR) is 78.4 cm³/mol. The lowest BCUT2D eigenvalue weighted by Gasteiger charge is -2.19. The van der Waals surface area contributed by atoms with Crippen molar-refractivity contribution >= 4 is 15.9 Å². The summed E-state index contributed by atoms with van der Waals surface area (Å²) in [6.07, 6.45) is 2.10. The molecule has 0 radical (unpaired) electrons. The number of hydrogen-bond acceptors (Lipinski definition) is 3. The Hall–Kier alpha value is -0.580. The molecule has 19 heavy (non-hydrogen) atoms. The lowest BCUT2D eigenvalue weighted by atomic mass is 9.93. The van der Waals surface area contributed by atoms with Gasteiger partial charge in [0, 0.05) is 7.11 Å². The maximum Gasteiger partial charge on any atom is 0.133 e. The summed E-state index contributed by atoms with van der Waals surface area (Å²) in [4.78, 5) is 0. The predicted octanol–water partition coefficient (Wildman–Crippen LogP) is 3.55. The fourth-order valence-corrected chi connectivity index (χ4v) is 2.75. The molecule has 1 fully saturated rings. The molecule has 3 nitrogen and oxygen atoms in total. The number of rotatable bonds is 7. The van der Waals surface area contributed by atoms with Crippen molar-refractivity contribution in [3.05, 3.63) is 28.2 Å². The van der Waals surface area contributed by atoms with E-state index < -0.39 is 6.10 Å². The highest BCUT2D eigenvalue weighted by molar-refractivity contribution is 9.10. The van der Waals surface area contributed by atoms with E-state index in [1.165, 1.54) is 12.8 Å². The Balaban J connectivity index is 2.00. The van der Waals surface area contributed by atoms with E-state index in [2.05, 4.69) is 22.9 Å². The lowest BCUT2D eigenvalue weighted by Crippen LogP contribution is -2.11. The van der Waals surface area contributed by atoms with Gasteiger partial charge in [0.15, 0.2) is 0 Å². The molecule has 1 aliphatic carbocycles. The van der Waals surface area contributed by atoms with Gasteiger partial charge in [-0.3, -0.25) is 0 Å². The van der Waals surface area contributed by atoms with Crippen molar-refractivity contribution < 1.29 is 14.6 Å². The van der Waals surface area contributed by atoms with E-state index in [4.69, 9.17) is 9.47 Å². The molecule has 0 heterocycles. The summed E-state index contributed by atoms with van der Waals surface area (Å²) in [7, 11) is 1.65. The maximum absolute atomic E-state index is 10.3. The summed E-state index contributed by atoms with van der Waals surface area (Å²) >= 11 is 3.49. The summed E-state index contributed by atoms with van der Waals surface area (Å²) in [5.74, 6) is 1.80. The monoisotopic (exact) mass is 328 g/mol. The van der Waals surface area contributed by atoms with Crippen LogP contribution >= 0.6 is 15.9 Å². The third-order valence-electron chi connectivity index (χ3n) is 3.71. The molecule has 106 valence electrons. The van der Waals surface area contributed by atoms with E-state index in [0.717, 1.165) is 15.8 Å². The molecule has 0 amide bonds. The minimum atomic E-state index is -0.392. The third-order valence-corrected chi connectivity index (χ3v) is 4.33. The van der Waals surface area contributed by atoms with Gasteiger partial charge in [0.25, 0.3) is 0 Å². The van der Waals surface area contributed by atoms with Gasteiger partial charge < -0.3 is 14.6 Å². The molecule has 2 atom stereocenters. The molecular weight excluding hydrogens is 308 g/mol. The van der Waals surface area contributed by atoms with Gasteiger partial charge in [-0.1, -0.05) is 13.0 Å². The van der Waals surface area contributed by atoms with Crippen molar-refractivity contribution in [1.29, 1.82) is 0 Å². The molecule has 0 spiro atoms. The summed E-state index contributed by atoms with van der Waals surface area (Å²) in [5, 5.41) is 10.3. The minimum Gasteiger partial charge on any atom is -0.490 e. The number of benzene rings is 1. The van der Waals surface area contributed by atoms with Crippen LogP contribution in [0.2, 0.25) is 0 Å². The molecular formula is C15H21BrO3. The minimum absolute atomic E-state index is 0.326. The van der Waals surface area contributed by atoms with Gasteiger partial charge in [0.1, 0.15) is 12.4 Å². The number of hydrogen-bond donors (Lipinski definition) is 1. The molecule has 0 bridgehead atoms. The molecule has 0 aliphatic heterocycles. The van der Waals surface area contributed by atoms with E-state index in [0.29, 0.717) is 25.0 Å². The first-order valence-electron chi connectivity index (χ1n) is 6.72. The maximum atomic E-state index is 10.3. The van der Waals surface area contributed by atoms with Crippen LogP contribution in [0, 0.1) is 11.8 Å². The Bertz CT molecular complexity index is 418. The Morgan fingerprint density at radius 2 is 2.11 bits per heavy atom. The number of halogens is 1. The molecule has 1 N–H and O–H groups in total. The van der Waals surface area contributed by atoms with Gasteiger partial charge in [0.05, 0.1) is 17.2 Å². The topological polar surface area (TPSA) is 38.7 Å². The standard InChI is InChI=1S/C15H21BrO3/c1-10(11-3-4-11)15(17)12-5-6-14(13(16)9-12)19-8-7-18-2/h5-6,9-11,15,17H,3-4,7-8H2,1-2H3. The molecule has 0 aromatic heterocycles. The highest BCUT2D eigenvalue weighted by Gasteiger charge is 2.33. The number of ether oxygens (including phenoxy) is 2. The quantitative estimate of drug-likeness (QED) is 0.778. The molecule has 2 rings (SSSR count). The zero-order valence-electron chi connectivity index (χ0n) is 11.4. The Labute approximate surface area is 123 Å². The van der Waals surface area contributed by atoms with Crippen molar-refractivity contribution in [3.63, 3.8) is 0 Å². The summed E-state index contributed by atoms with van der Waals surface area (Å²) in [5.41, 5.74) is 0.949. The second-order valence-corrected chi connectivity index (χ2v) is 6.03. The van der Waals surface area contributed by atoms with E-state index >= 15 is 0 Å². The summed E-state index contributed by atoms with van der Waals surface area (Å²) in [6, 6.07) is 5.79. The number of methoxy groups -OCH3 is 1. The van der Waals surface area contributed by atoms with Crippen molar-refractivity contribution in [2.75, 3.05) is 20.3 Å². The summed E-state index contributed by atoms with van der Waals surface area (Å²) in [6.45, 7) is 3.21. The molecule has 4 heteroatoms. The van der Waals surface area contributed by atoms with Crippen molar-refractivity contribution in [1.82, 2.24) is 0 Å². The zero-order valence-corrected chi connectivity index (χ0v) is 13.0. The van der Waals surface area contributed by atoms with E-state index in [-0.39, 0.29) is 0 Å². The highest BCUT2D eigenvalue weighted by atomic mass is 79.9. The third kappa shape index (κ3) is 3.94.